The molecule has 10 heteroatoms. The van der Waals surface area contributed by atoms with E-state index in [2.05, 4.69) is 15.5 Å². The average Bonchev–Trinajstić information content (AvgIpc) is 2.77. The maximum absolute atomic E-state index is 12.9. The maximum Gasteiger partial charge on any atom is 0.251 e. The van der Waals surface area contributed by atoms with Crippen molar-refractivity contribution in [2.75, 3.05) is 39.3 Å². The highest BCUT2D eigenvalue weighted by Crippen LogP contribution is 2.17. The van der Waals surface area contributed by atoms with Gasteiger partial charge in [0.05, 0.1) is 17.1 Å². The summed E-state index contributed by atoms with van der Waals surface area (Å²) in [5.41, 5.74) is 0.197. The number of carbonyl (C=O) groups is 2. The van der Waals surface area contributed by atoms with E-state index in [0.29, 0.717) is 26.2 Å². The Kier molecular flexibility index (Phi) is 10.5. The first kappa shape index (κ1) is 28.2. The van der Waals surface area contributed by atoms with Gasteiger partial charge in [-0.15, -0.1) is 0 Å². The van der Waals surface area contributed by atoms with Gasteiger partial charge in [0.15, 0.2) is 0 Å². The van der Waals surface area contributed by atoms with Crippen LogP contribution < -0.4 is 10.6 Å². The number of hydrogen-bond acceptors (Lipinski definition) is 6. The molecule has 34 heavy (non-hydrogen) atoms. The van der Waals surface area contributed by atoms with Gasteiger partial charge in [0.2, 0.25) is 15.9 Å². The third-order valence-electron chi connectivity index (χ3n) is 5.90. The van der Waals surface area contributed by atoms with E-state index >= 15 is 0 Å². The molecule has 1 aromatic carbocycles. The van der Waals surface area contributed by atoms with Crippen molar-refractivity contribution in [3.8, 4) is 0 Å². The van der Waals surface area contributed by atoms with Crippen molar-refractivity contribution in [1.29, 1.82) is 0 Å². The summed E-state index contributed by atoms with van der Waals surface area (Å²) in [7, 11) is -3.69. The van der Waals surface area contributed by atoms with Gasteiger partial charge >= 0.3 is 0 Å². The Morgan fingerprint density at radius 1 is 1.15 bits per heavy atom. The van der Waals surface area contributed by atoms with Gasteiger partial charge in [-0.1, -0.05) is 33.8 Å². The summed E-state index contributed by atoms with van der Waals surface area (Å²) in [6.45, 7) is 14.8. The SMILES string of the molecule is CCN(CC)S(=O)(=O)c1cccc(C(=O)NC(C(=O)NCCN2CC(C)OC(C)C2)C(C)C)c1. The van der Waals surface area contributed by atoms with Crippen molar-refractivity contribution in [1.82, 2.24) is 19.8 Å². The molecule has 0 aromatic heterocycles. The van der Waals surface area contributed by atoms with Crippen LogP contribution >= 0.6 is 0 Å². The molecule has 2 N–H and O–H groups in total. The van der Waals surface area contributed by atoms with Crippen LogP contribution in [0.15, 0.2) is 29.2 Å². The topological polar surface area (TPSA) is 108 Å². The third-order valence-corrected chi connectivity index (χ3v) is 7.94. The first-order valence-electron chi connectivity index (χ1n) is 12.1. The molecule has 9 nitrogen and oxygen atoms in total. The number of benzene rings is 1. The van der Waals surface area contributed by atoms with Crippen LogP contribution in [0.3, 0.4) is 0 Å². The quantitative estimate of drug-likeness (QED) is 0.483. The molecule has 1 aromatic rings. The van der Waals surface area contributed by atoms with Crippen LogP contribution in [-0.4, -0.2) is 87.0 Å². The molecular weight excluding hydrogens is 456 g/mol. The molecule has 1 fully saturated rings. The van der Waals surface area contributed by atoms with Crippen molar-refractivity contribution >= 4 is 21.8 Å². The Balaban J connectivity index is 2.02. The number of ether oxygens (including phenoxy) is 1. The Bertz CT molecular complexity index is 923. The van der Waals surface area contributed by atoms with Gasteiger partial charge in [0.25, 0.3) is 5.91 Å². The minimum absolute atomic E-state index is 0.0587. The highest BCUT2D eigenvalue weighted by molar-refractivity contribution is 7.89. The van der Waals surface area contributed by atoms with Crippen molar-refractivity contribution in [3.05, 3.63) is 29.8 Å². The smallest absolute Gasteiger partial charge is 0.251 e. The normalized spacial score (nSPS) is 20.4. The number of amides is 2. The van der Waals surface area contributed by atoms with Gasteiger partial charge in [0.1, 0.15) is 6.04 Å². The summed E-state index contributed by atoms with van der Waals surface area (Å²) >= 11 is 0. The van der Waals surface area contributed by atoms with E-state index in [0.717, 1.165) is 13.1 Å². The van der Waals surface area contributed by atoms with E-state index in [4.69, 9.17) is 4.74 Å². The van der Waals surface area contributed by atoms with Crippen LogP contribution in [0.2, 0.25) is 0 Å². The van der Waals surface area contributed by atoms with Crippen molar-refractivity contribution in [3.63, 3.8) is 0 Å². The van der Waals surface area contributed by atoms with Crippen LogP contribution in [-0.2, 0) is 19.6 Å². The number of morpholine rings is 1. The summed E-state index contributed by atoms with van der Waals surface area (Å²) in [6, 6.07) is 5.19. The Morgan fingerprint density at radius 3 is 2.32 bits per heavy atom. The van der Waals surface area contributed by atoms with E-state index in [1.165, 1.54) is 16.4 Å². The second-order valence-electron chi connectivity index (χ2n) is 9.12. The fraction of sp³-hybridized carbons (Fsp3) is 0.667. The zero-order chi connectivity index (χ0) is 25.5. The first-order valence-corrected chi connectivity index (χ1v) is 13.5. The molecule has 1 heterocycles. The monoisotopic (exact) mass is 496 g/mol. The molecule has 1 aliphatic rings. The van der Waals surface area contributed by atoms with Gasteiger partial charge in [-0.05, 0) is 38.0 Å². The second-order valence-corrected chi connectivity index (χ2v) is 11.1. The highest BCUT2D eigenvalue weighted by atomic mass is 32.2. The molecule has 2 amide bonds. The summed E-state index contributed by atoms with van der Waals surface area (Å²) in [5.74, 6) is -0.888. The minimum Gasteiger partial charge on any atom is -0.373 e. The fourth-order valence-corrected chi connectivity index (χ4v) is 5.69. The predicted octanol–water partition coefficient (Wildman–Crippen LogP) is 1.70. The van der Waals surface area contributed by atoms with Gasteiger partial charge in [0, 0.05) is 44.8 Å². The number of nitrogens with zero attached hydrogens (tertiary/aromatic N) is 2. The molecule has 1 saturated heterocycles. The Labute approximate surface area is 204 Å². The molecule has 192 valence electrons. The van der Waals surface area contributed by atoms with Crippen molar-refractivity contribution < 1.29 is 22.7 Å². The molecule has 0 radical (unpaired) electrons. The lowest BCUT2D eigenvalue weighted by atomic mass is 10.0. The number of nitrogens with one attached hydrogen (secondary N) is 2. The molecule has 3 atom stereocenters. The number of sulfonamides is 1. The molecule has 0 aliphatic carbocycles. The average molecular weight is 497 g/mol. The molecule has 0 spiro atoms. The van der Waals surface area contributed by atoms with Gasteiger partial charge in [-0.2, -0.15) is 4.31 Å². The van der Waals surface area contributed by atoms with Gasteiger partial charge in [-0.3, -0.25) is 14.5 Å². The third kappa shape index (κ3) is 7.49. The maximum atomic E-state index is 12.9. The van der Waals surface area contributed by atoms with E-state index in [1.807, 2.05) is 27.7 Å². The molecule has 0 saturated carbocycles. The lowest BCUT2D eigenvalue weighted by molar-refractivity contribution is -0.124. The highest BCUT2D eigenvalue weighted by Gasteiger charge is 2.27. The lowest BCUT2D eigenvalue weighted by Crippen LogP contribution is -2.52. The zero-order valence-corrected chi connectivity index (χ0v) is 22.0. The zero-order valence-electron chi connectivity index (χ0n) is 21.2. The summed E-state index contributed by atoms with van der Waals surface area (Å²) in [4.78, 5) is 28.1. The number of hydrogen-bond donors (Lipinski definition) is 2. The van der Waals surface area contributed by atoms with Crippen LogP contribution in [0.1, 0.15) is 51.9 Å². The van der Waals surface area contributed by atoms with E-state index in [1.54, 1.807) is 26.0 Å². The minimum atomic E-state index is -3.69. The van der Waals surface area contributed by atoms with Gasteiger partial charge in [-0.25, -0.2) is 8.42 Å². The number of rotatable bonds is 11. The number of carbonyl (C=O) groups excluding carboxylic acids is 2. The molecule has 0 bridgehead atoms. The fourth-order valence-electron chi connectivity index (χ4n) is 4.18. The van der Waals surface area contributed by atoms with Crippen LogP contribution in [0.5, 0.6) is 0 Å². The van der Waals surface area contributed by atoms with Gasteiger partial charge < -0.3 is 15.4 Å². The largest absolute Gasteiger partial charge is 0.373 e. The van der Waals surface area contributed by atoms with E-state index < -0.39 is 22.0 Å². The van der Waals surface area contributed by atoms with Crippen molar-refractivity contribution in [2.24, 2.45) is 5.92 Å². The standard InChI is InChI=1S/C24H40N4O5S/c1-7-28(8-2)34(31,32)21-11-9-10-20(14-21)23(29)26-22(17(3)4)24(30)25-12-13-27-15-18(5)33-19(6)16-27/h9-11,14,17-19,22H,7-8,12-13,15-16H2,1-6H3,(H,25,30)(H,26,29). The molecule has 3 unspecified atom stereocenters. The molecule has 1 aliphatic heterocycles. The van der Waals surface area contributed by atoms with Crippen molar-refractivity contribution in [2.45, 2.75) is 64.7 Å². The summed E-state index contributed by atoms with van der Waals surface area (Å²) < 4.78 is 32.7. The van der Waals surface area contributed by atoms with Crippen LogP contribution in [0.4, 0.5) is 0 Å². The van der Waals surface area contributed by atoms with Crippen LogP contribution in [0.25, 0.3) is 0 Å². The Morgan fingerprint density at radius 2 is 1.76 bits per heavy atom. The predicted molar refractivity (Wildman–Crippen MR) is 132 cm³/mol. The van der Waals surface area contributed by atoms with E-state index in [-0.39, 0.29) is 34.5 Å². The molecule has 2 rings (SSSR count). The second kappa shape index (κ2) is 12.6. The Hall–Kier alpha value is -2.01. The summed E-state index contributed by atoms with van der Waals surface area (Å²) in [5, 5.41) is 5.70. The summed E-state index contributed by atoms with van der Waals surface area (Å²) in [6.07, 6.45) is 0.312. The molecular formula is C24H40N4O5S. The van der Waals surface area contributed by atoms with Crippen LogP contribution in [0, 0.1) is 5.92 Å². The first-order chi connectivity index (χ1) is 16.0. The van der Waals surface area contributed by atoms with E-state index in [9.17, 15) is 18.0 Å². The lowest BCUT2D eigenvalue weighted by Gasteiger charge is -2.35.